The molecule has 0 amide bonds. The van der Waals surface area contributed by atoms with Crippen LogP contribution in [0.15, 0.2) is 42.2 Å². The number of hydrogen-bond acceptors (Lipinski definition) is 11. The number of unbranched alkanes of at least 4 members (excludes halogenated alkanes) is 17. The molecule has 0 spiro atoms. The van der Waals surface area contributed by atoms with E-state index >= 15 is 0 Å². The molecule has 0 aromatic rings. The number of esters is 2. The van der Waals surface area contributed by atoms with Crippen LogP contribution in [-0.2, 0) is 38.7 Å². The number of carbonyl (C=O) groups excluding carboxylic acids is 2. The lowest BCUT2D eigenvalue weighted by Gasteiger charge is -2.40. The van der Waals surface area contributed by atoms with Crippen molar-refractivity contribution < 1.29 is 56.8 Å². The maximum absolute atomic E-state index is 12.8. The van der Waals surface area contributed by atoms with E-state index < -0.39 is 71.2 Å². The van der Waals surface area contributed by atoms with Gasteiger partial charge in [0.15, 0.2) is 12.4 Å². The second-order valence-corrected chi connectivity index (χ2v) is 16.6. The van der Waals surface area contributed by atoms with E-state index in [2.05, 4.69) is 56.0 Å². The lowest BCUT2D eigenvalue weighted by Crippen LogP contribution is -2.60. The Kier molecular flexibility index (Phi) is 31.9. The minimum absolute atomic E-state index is 0.143. The smallest absolute Gasteiger partial charge is 0.306 e. The summed E-state index contributed by atoms with van der Waals surface area (Å²) in [6.45, 7) is 3.66. The van der Waals surface area contributed by atoms with Crippen LogP contribution in [0.25, 0.3) is 0 Å². The third-order valence-electron chi connectivity index (χ3n) is 9.72. The summed E-state index contributed by atoms with van der Waals surface area (Å²) in [5, 5.41) is 30.8. The topological polar surface area (TPSA) is 186 Å². The number of ether oxygens (including phenoxy) is 4. The molecule has 1 aliphatic heterocycles. The third-order valence-corrected chi connectivity index (χ3v) is 10.5. The van der Waals surface area contributed by atoms with Crippen LogP contribution in [-0.4, -0.2) is 96.0 Å². The van der Waals surface area contributed by atoms with Crippen molar-refractivity contribution in [3.8, 4) is 0 Å². The first kappa shape index (κ1) is 52.7. The molecule has 1 fully saturated rings. The van der Waals surface area contributed by atoms with Gasteiger partial charge in [0.05, 0.1) is 6.61 Å². The van der Waals surface area contributed by atoms with Crippen molar-refractivity contribution in [3.63, 3.8) is 0 Å². The van der Waals surface area contributed by atoms with Gasteiger partial charge < -0.3 is 34.3 Å². The van der Waals surface area contributed by atoms with Crippen LogP contribution in [0.3, 0.4) is 0 Å². The monoisotopic (exact) mass is 829 g/mol. The highest BCUT2D eigenvalue weighted by molar-refractivity contribution is 7.85. The molecule has 1 heterocycles. The van der Waals surface area contributed by atoms with Crippen LogP contribution in [0, 0.1) is 0 Å². The average Bonchev–Trinajstić information content (AvgIpc) is 3.17. The SMILES string of the molecule is CCCC/C=C/C/C=C/CCCCCCCC(=O)O[C@H](COC(=O)CCCCCCCC=C=CCCCCCCC)CO[C@H]1O[C@H](CS(=O)(=O)O)[C@@H](O)C(O)C1O. The lowest BCUT2D eigenvalue weighted by atomic mass is 10.00. The fraction of sp³-hybridized carbons (Fsp3) is 0.795. The molecule has 1 saturated heterocycles. The number of aliphatic hydroxyl groups is 3. The van der Waals surface area contributed by atoms with Gasteiger partial charge in [0, 0.05) is 12.8 Å². The summed E-state index contributed by atoms with van der Waals surface area (Å²) < 4.78 is 53.9. The zero-order valence-corrected chi connectivity index (χ0v) is 35.8. The van der Waals surface area contributed by atoms with Gasteiger partial charge >= 0.3 is 11.9 Å². The Hall–Kier alpha value is -2.35. The second kappa shape index (κ2) is 34.5. The van der Waals surface area contributed by atoms with E-state index in [0.29, 0.717) is 12.8 Å². The zero-order valence-electron chi connectivity index (χ0n) is 35.0. The van der Waals surface area contributed by atoms with Crippen molar-refractivity contribution in [2.24, 2.45) is 0 Å². The molecule has 1 rings (SSSR count). The Balaban J connectivity index is 2.50. The summed E-state index contributed by atoms with van der Waals surface area (Å²) in [7, 11) is -4.61. The molecule has 12 nitrogen and oxygen atoms in total. The fourth-order valence-corrected chi connectivity index (χ4v) is 6.95. The van der Waals surface area contributed by atoms with Crippen LogP contribution >= 0.6 is 0 Å². The minimum Gasteiger partial charge on any atom is -0.462 e. The molecule has 6 atom stereocenters. The molecule has 0 aromatic carbocycles. The van der Waals surface area contributed by atoms with Crippen LogP contribution in [0.5, 0.6) is 0 Å². The van der Waals surface area contributed by atoms with Gasteiger partial charge in [-0.1, -0.05) is 115 Å². The molecule has 57 heavy (non-hydrogen) atoms. The van der Waals surface area contributed by atoms with Crippen LogP contribution in [0.1, 0.15) is 168 Å². The zero-order chi connectivity index (χ0) is 42.0. The highest BCUT2D eigenvalue weighted by atomic mass is 32.2. The van der Waals surface area contributed by atoms with Gasteiger partial charge in [0.1, 0.15) is 36.8 Å². The van der Waals surface area contributed by atoms with Gasteiger partial charge in [0.25, 0.3) is 10.1 Å². The molecule has 0 radical (unpaired) electrons. The molecule has 0 aromatic heterocycles. The molecule has 13 heteroatoms. The lowest BCUT2D eigenvalue weighted by molar-refractivity contribution is -0.297. The molecule has 1 aliphatic rings. The van der Waals surface area contributed by atoms with Gasteiger partial charge in [-0.05, 0) is 76.4 Å². The normalized spacial score (nSPS) is 20.4. The van der Waals surface area contributed by atoms with Crippen LogP contribution in [0.4, 0.5) is 0 Å². The van der Waals surface area contributed by atoms with Crippen LogP contribution < -0.4 is 0 Å². The predicted octanol–water partition coefficient (Wildman–Crippen LogP) is 8.38. The summed E-state index contributed by atoms with van der Waals surface area (Å²) in [6, 6.07) is 0. The number of carbonyl (C=O) groups is 2. The number of allylic oxidation sites excluding steroid dienone is 5. The first-order valence-electron chi connectivity index (χ1n) is 21.8. The molecule has 0 saturated carbocycles. The van der Waals surface area contributed by atoms with E-state index in [1.165, 1.54) is 44.9 Å². The molecule has 0 aliphatic carbocycles. The standard InChI is InChI=1S/C44H76O12S/c1-3-5-7-9-11-13-15-17-19-21-22-24-26-28-30-32-39(45)53-34-37(35-54-44-43(49)42(48)41(47)38(56-44)36-57(50,51)52)55-40(46)33-31-29-27-25-23-20-18-16-14-12-10-8-6-4-2/h10,12,15-16,18-19,37-38,41-44,47-49H,3-9,11,13-14,20-36H2,1-2H3,(H,50,51,52)/b12-10+,18-16+/t17?,37-,38-,41-,42?,43?,44+/m1/s1. The number of hydrogen-bond donors (Lipinski definition) is 4. The largest absolute Gasteiger partial charge is 0.462 e. The van der Waals surface area contributed by atoms with Gasteiger partial charge in [-0.25, -0.2) is 0 Å². The van der Waals surface area contributed by atoms with Gasteiger partial charge in [-0.3, -0.25) is 14.1 Å². The van der Waals surface area contributed by atoms with Crippen molar-refractivity contribution in [1.29, 1.82) is 0 Å². The van der Waals surface area contributed by atoms with E-state index in [0.717, 1.165) is 83.5 Å². The van der Waals surface area contributed by atoms with Gasteiger partial charge in [-0.2, -0.15) is 8.42 Å². The van der Waals surface area contributed by atoms with Crippen molar-refractivity contribution in [2.75, 3.05) is 19.0 Å². The Labute approximate surface area is 343 Å². The first-order valence-corrected chi connectivity index (χ1v) is 23.4. The molecule has 2 unspecified atom stereocenters. The summed E-state index contributed by atoms with van der Waals surface area (Å²) in [5.41, 5.74) is 3.28. The maximum Gasteiger partial charge on any atom is 0.306 e. The highest BCUT2D eigenvalue weighted by Crippen LogP contribution is 2.24. The van der Waals surface area contributed by atoms with Crippen molar-refractivity contribution in [2.45, 2.75) is 205 Å². The van der Waals surface area contributed by atoms with Crippen molar-refractivity contribution in [3.05, 3.63) is 42.2 Å². The molecule has 4 N–H and O–H groups in total. The van der Waals surface area contributed by atoms with E-state index in [-0.39, 0.29) is 19.4 Å². The summed E-state index contributed by atoms with van der Waals surface area (Å²) in [5.74, 6) is -2.03. The number of aliphatic hydroxyl groups excluding tert-OH is 3. The van der Waals surface area contributed by atoms with Crippen molar-refractivity contribution in [1.82, 2.24) is 0 Å². The minimum atomic E-state index is -4.61. The maximum atomic E-state index is 12.8. The molecule has 330 valence electrons. The summed E-state index contributed by atoms with van der Waals surface area (Å²) >= 11 is 0. The molecule has 0 bridgehead atoms. The summed E-state index contributed by atoms with van der Waals surface area (Å²) in [4.78, 5) is 25.3. The van der Waals surface area contributed by atoms with E-state index in [1.807, 2.05) is 0 Å². The average molecular weight is 829 g/mol. The Morgan fingerprint density at radius 3 is 1.77 bits per heavy atom. The Morgan fingerprint density at radius 2 is 1.18 bits per heavy atom. The molecular formula is C44H76O12S. The third kappa shape index (κ3) is 29.5. The van der Waals surface area contributed by atoms with Gasteiger partial charge in [-0.15, -0.1) is 5.73 Å². The predicted molar refractivity (Wildman–Crippen MR) is 223 cm³/mol. The molecular weight excluding hydrogens is 753 g/mol. The van der Waals surface area contributed by atoms with E-state index in [1.54, 1.807) is 0 Å². The first-order chi connectivity index (χ1) is 27.5. The van der Waals surface area contributed by atoms with Crippen LogP contribution in [0.2, 0.25) is 0 Å². The summed E-state index contributed by atoms with van der Waals surface area (Å²) in [6.07, 6.45) is 26.8. The van der Waals surface area contributed by atoms with E-state index in [9.17, 15) is 37.9 Å². The number of rotatable bonds is 35. The van der Waals surface area contributed by atoms with Gasteiger partial charge in [0.2, 0.25) is 0 Å². The second-order valence-electron chi connectivity index (χ2n) is 15.1. The highest BCUT2D eigenvalue weighted by Gasteiger charge is 2.46. The Bertz CT molecular complexity index is 1260. The van der Waals surface area contributed by atoms with E-state index in [4.69, 9.17) is 18.9 Å². The Morgan fingerprint density at radius 1 is 0.649 bits per heavy atom. The fourth-order valence-electron chi connectivity index (χ4n) is 6.26. The van der Waals surface area contributed by atoms with Crippen molar-refractivity contribution >= 4 is 22.1 Å². The quantitative estimate of drug-likeness (QED) is 0.0157.